The van der Waals surface area contributed by atoms with Crippen molar-refractivity contribution in [3.63, 3.8) is 0 Å². The molecule has 3 aromatic carbocycles. The maximum absolute atomic E-state index is 15.3. The van der Waals surface area contributed by atoms with Gasteiger partial charge in [0, 0.05) is 27.5 Å². The standard InChI is InChI=1S/C35H35F2N6O3S.BrH/c1-5-39-16-32(44)46-33-22(2)12-26(13-23(33)3)17-42-20-40-43(21-42)19-35(45,29-14-28(36)10-11-30(29)37)24(4)34-41-31(18-47-34)27-8-6-25(15-38)7-9-27;/h6-14,18,20-21,24,39,45H,5,16-17,19H2,1-4H3;1H/q+1;/p-1. The van der Waals surface area contributed by atoms with E-state index in [1.807, 2.05) is 42.9 Å². The molecule has 0 aliphatic carbocycles. The van der Waals surface area contributed by atoms with Crippen LogP contribution < -0.4 is 31.6 Å². The van der Waals surface area contributed by atoms with Crippen molar-refractivity contribution in [2.24, 2.45) is 0 Å². The van der Waals surface area contributed by atoms with E-state index >= 15 is 4.39 Å². The molecule has 2 N–H and O–H groups in total. The predicted molar refractivity (Wildman–Crippen MR) is 173 cm³/mol. The second kappa shape index (κ2) is 15.7. The van der Waals surface area contributed by atoms with Crippen LogP contribution in [0.2, 0.25) is 0 Å². The molecule has 5 aromatic rings. The molecule has 0 radical (unpaired) electrons. The highest BCUT2D eigenvalue weighted by molar-refractivity contribution is 7.10. The highest BCUT2D eigenvalue weighted by atomic mass is 79.9. The molecule has 0 spiro atoms. The third-order valence-electron chi connectivity index (χ3n) is 7.97. The van der Waals surface area contributed by atoms with Gasteiger partial charge in [0.25, 0.3) is 6.33 Å². The molecule has 48 heavy (non-hydrogen) atoms. The number of aliphatic hydroxyl groups is 1. The number of rotatable bonds is 12. The lowest BCUT2D eigenvalue weighted by atomic mass is 9.82. The van der Waals surface area contributed by atoms with Crippen LogP contribution in [0.1, 0.15) is 52.6 Å². The number of thiazole rings is 1. The number of carbonyl (C=O) groups excluding carboxylic acids is 1. The molecule has 250 valence electrons. The Balaban J connectivity index is 0.00000520. The number of carbonyl (C=O) groups is 1. The fourth-order valence-corrected chi connectivity index (χ4v) is 6.45. The number of nitrogens with zero attached hydrogens (tertiary/aromatic N) is 5. The largest absolute Gasteiger partial charge is 1.00 e. The van der Waals surface area contributed by atoms with E-state index in [0.29, 0.717) is 35.1 Å². The summed E-state index contributed by atoms with van der Waals surface area (Å²) >= 11 is 1.30. The Labute approximate surface area is 292 Å². The molecule has 2 heterocycles. The van der Waals surface area contributed by atoms with Crippen LogP contribution in [0.5, 0.6) is 5.75 Å². The summed E-state index contributed by atoms with van der Waals surface area (Å²) in [5, 5.41) is 31.1. The van der Waals surface area contributed by atoms with E-state index in [0.717, 1.165) is 40.5 Å². The van der Waals surface area contributed by atoms with Gasteiger partial charge in [0.1, 0.15) is 29.5 Å². The number of benzene rings is 3. The van der Waals surface area contributed by atoms with Crippen molar-refractivity contribution < 1.29 is 45.0 Å². The number of hydrogen-bond donors (Lipinski definition) is 2. The molecule has 5 rings (SSSR count). The summed E-state index contributed by atoms with van der Waals surface area (Å²) in [6.07, 6.45) is 3.28. The molecular formula is C35H35BrF2N6O3S. The van der Waals surface area contributed by atoms with Gasteiger partial charge in [-0.1, -0.05) is 26.0 Å². The Morgan fingerprint density at radius 1 is 1.17 bits per heavy atom. The highest BCUT2D eigenvalue weighted by Crippen LogP contribution is 2.41. The molecule has 9 nitrogen and oxygen atoms in total. The molecule has 2 unspecified atom stereocenters. The summed E-state index contributed by atoms with van der Waals surface area (Å²) in [6.45, 7) is 8.41. The lowest BCUT2D eigenvalue weighted by molar-refractivity contribution is -0.689. The van der Waals surface area contributed by atoms with E-state index < -0.39 is 23.2 Å². The molecule has 0 fully saturated rings. The molecular weight excluding hydrogens is 702 g/mol. The quantitative estimate of drug-likeness (QED) is 0.115. The van der Waals surface area contributed by atoms with Gasteiger partial charge in [-0.2, -0.15) is 5.26 Å². The van der Waals surface area contributed by atoms with E-state index in [4.69, 9.17) is 15.0 Å². The summed E-state index contributed by atoms with van der Waals surface area (Å²) in [5.41, 5.74) is 2.39. The second-order valence-electron chi connectivity index (χ2n) is 11.5. The van der Waals surface area contributed by atoms with Crippen molar-refractivity contribution in [3.8, 4) is 23.1 Å². The van der Waals surface area contributed by atoms with Gasteiger partial charge >= 0.3 is 5.97 Å². The zero-order valence-electron chi connectivity index (χ0n) is 26.9. The average Bonchev–Trinajstić information content (AvgIpc) is 3.72. The van der Waals surface area contributed by atoms with Gasteiger partial charge in [0.15, 0.2) is 0 Å². The summed E-state index contributed by atoms with van der Waals surface area (Å²) in [6, 6.07) is 15.9. The monoisotopic (exact) mass is 736 g/mol. The number of esters is 1. The summed E-state index contributed by atoms with van der Waals surface area (Å²) < 4.78 is 38.6. The molecule has 2 atom stereocenters. The van der Waals surface area contributed by atoms with Crippen molar-refractivity contribution in [1.29, 1.82) is 5.26 Å². The van der Waals surface area contributed by atoms with Crippen molar-refractivity contribution in [3.05, 3.63) is 117 Å². The van der Waals surface area contributed by atoms with Gasteiger partial charge in [0.05, 0.1) is 35.4 Å². The van der Waals surface area contributed by atoms with Crippen LogP contribution in [0.3, 0.4) is 0 Å². The Morgan fingerprint density at radius 2 is 1.88 bits per heavy atom. The summed E-state index contributed by atoms with van der Waals surface area (Å²) in [7, 11) is 0. The van der Waals surface area contributed by atoms with Crippen LogP contribution in [0.25, 0.3) is 11.3 Å². The minimum atomic E-state index is -1.93. The van der Waals surface area contributed by atoms with Crippen LogP contribution in [-0.4, -0.2) is 38.9 Å². The molecule has 0 amide bonds. The van der Waals surface area contributed by atoms with E-state index in [1.54, 1.807) is 43.8 Å². The smallest absolute Gasteiger partial charge is 0.325 e. The van der Waals surface area contributed by atoms with E-state index in [9.17, 15) is 14.3 Å². The van der Waals surface area contributed by atoms with Crippen molar-refractivity contribution in [2.45, 2.75) is 52.3 Å². The van der Waals surface area contributed by atoms with Gasteiger partial charge < -0.3 is 32.1 Å². The molecule has 2 aromatic heterocycles. The van der Waals surface area contributed by atoms with Crippen molar-refractivity contribution in [1.82, 2.24) is 20.1 Å². The average molecular weight is 738 g/mol. The summed E-state index contributed by atoms with van der Waals surface area (Å²) in [4.78, 5) is 16.9. The highest BCUT2D eigenvalue weighted by Gasteiger charge is 2.43. The first-order valence-electron chi connectivity index (χ1n) is 15.1. The first-order chi connectivity index (χ1) is 22.5. The Morgan fingerprint density at radius 3 is 2.54 bits per heavy atom. The molecule has 0 aliphatic heterocycles. The van der Waals surface area contributed by atoms with Gasteiger partial charge in [-0.3, -0.25) is 4.79 Å². The number of likely N-dealkylation sites (N-methyl/N-ethyl adjacent to an activating group) is 1. The van der Waals surface area contributed by atoms with E-state index in [2.05, 4.69) is 16.5 Å². The maximum Gasteiger partial charge on any atom is 0.325 e. The Bertz CT molecular complexity index is 1920. The van der Waals surface area contributed by atoms with Crippen LogP contribution in [0, 0.1) is 36.8 Å². The van der Waals surface area contributed by atoms with Gasteiger partial charge in [-0.05, 0) is 79.5 Å². The molecule has 0 aliphatic rings. The molecule has 13 heteroatoms. The zero-order valence-corrected chi connectivity index (χ0v) is 29.3. The second-order valence-corrected chi connectivity index (χ2v) is 12.3. The third kappa shape index (κ3) is 8.19. The lowest BCUT2D eigenvalue weighted by Crippen LogP contribution is -3.00. The minimum Gasteiger partial charge on any atom is -1.00 e. The Kier molecular flexibility index (Phi) is 11.9. The SMILES string of the molecule is CCNCC(=O)Oc1c(C)cc(C[n+]2cnn(CC(O)(c3cc(F)ccc3F)C(C)c3nc(-c4ccc(C#N)cc4)cs3)c2)cc1C.[Br-]. The van der Waals surface area contributed by atoms with Crippen LogP contribution in [-0.2, 0) is 23.5 Å². The molecule has 0 saturated heterocycles. The normalized spacial score (nSPS) is 12.9. The molecule has 0 bridgehead atoms. The van der Waals surface area contributed by atoms with Gasteiger partial charge in [-0.25, -0.2) is 18.3 Å². The van der Waals surface area contributed by atoms with Crippen LogP contribution >= 0.6 is 11.3 Å². The Hall–Kier alpha value is -4.35. The van der Waals surface area contributed by atoms with Gasteiger partial charge in [0.2, 0.25) is 6.33 Å². The maximum atomic E-state index is 15.3. The number of aryl methyl sites for hydroxylation is 2. The van der Waals surface area contributed by atoms with Crippen LogP contribution in [0.15, 0.2) is 72.6 Å². The van der Waals surface area contributed by atoms with Crippen molar-refractivity contribution in [2.75, 3.05) is 13.1 Å². The van der Waals surface area contributed by atoms with Gasteiger partial charge in [-0.15, -0.1) is 16.0 Å². The fourth-order valence-electron chi connectivity index (χ4n) is 5.48. The summed E-state index contributed by atoms with van der Waals surface area (Å²) in [5.74, 6) is -2.02. The first-order valence-corrected chi connectivity index (χ1v) is 16.0. The first kappa shape index (κ1) is 36.5. The number of hydrogen-bond acceptors (Lipinski definition) is 8. The third-order valence-corrected chi connectivity index (χ3v) is 8.99. The predicted octanol–water partition coefficient (Wildman–Crippen LogP) is 2.32. The van der Waals surface area contributed by atoms with Crippen molar-refractivity contribution >= 4 is 17.3 Å². The fraction of sp³-hybridized carbons (Fsp3) is 0.286. The number of ether oxygens (including phenoxy) is 1. The topological polar surface area (TPSA) is 117 Å². The number of nitrogens with one attached hydrogen (secondary N) is 1. The van der Waals surface area contributed by atoms with Crippen LogP contribution in [0.4, 0.5) is 8.78 Å². The minimum absolute atomic E-state index is 0. The van der Waals surface area contributed by atoms with E-state index in [1.165, 1.54) is 16.0 Å². The molecule has 0 saturated carbocycles. The number of halogens is 3. The lowest BCUT2D eigenvalue weighted by Gasteiger charge is -2.32. The van der Waals surface area contributed by atoms with E-state index in [-0.39, 0.29) is 41.6 Å². The number of aromatic nitrogens is 4. The number of nitriles is 1. The zero-order chi connectivity index (χ0) is 33.7.